The number of benzene rings is 2. The third kappa shape index (κ3) is 4.08. The molecule has 8 heteroatoms. The summed E-state index contributed by atoms with van der Waals surface area (Å²) in [5, 5.41) is 14.6. The first kappa shape index (κ1) is 18.5. The Bertz CT molecular complexity index is 998. The highest BCUT2D eigenvalue weighted by molar-refractivity contribution is 9.10. The van der Waals surface area contributed by atoms with Crippen molar-refractivity contribution in [2.24, 2.45) is 5.10 Å². The molecule has 0 saturated heterocycles. The summed E-state index contributed by atoms with van der Waals surface area (Å²) in [6.07, 6.45) is 1.45. The van der Waals surface area contributed by atoms with Crippen molar-refractivity contribution in [3.05, 3.63) is 56.7 Å². The van der Waals surface area contributed by atoms with Crippen molar-refractivity contribution in [2.75, 3.05) is 6.61 Å². The molecule has 0 atom stereocenters. The van der Waals surface area contributed by atoms with Gasteiger partial charge in [0.15, 0.2) is 17.3 Å². The van der Waals surface area contributed by atoms with Crippen molar-refractivity contribution in [2.45, 2.75) is 6.92 Å². The number of aromatic hydroxyl groups is 1. The number of fused-ring (bicyclic) bond motifs is 1. The number of carbonyl (C=O) groups is 1. The van der Waals surface area contributed by atoms with Gasteiger partial charge < -0.3 is 14.3 Å². The predicted molar refractivity (Wildman–Crippen MR) is 106 cm³/mol. The number of hydrogen-bond donors (Lipinski definition) is 2. The van der Waals surface area contributed by atoms with Gasteiger partial charge in [0, 0.05) is 19.9 Å². The molecule has 1 heterocycles. The SMILES string of the molecule is CCOc1cc(/C=N/NC(=O)c2cc3cc(Br)ccc3o2)c(Br)cc1O. The Balaban J connectivity index is 1.75. The summed E-state index contributed by atoms with van der Waals surface area (Å²) in [4.78, 5) is 12.2. The highest BCUT2D eigenvalue weighted by Gasteiger charge is 2.12. The Morgan fingerprint density at radius 3 is 2.88 bits per heavy atom. The van der Waals surface area contributed by atoms with Gasteiger partial charge in [-0.05, 0) is 59.3 Å². The molecular weight excluding hydrogens is 468 g/mol. The summed E-state index contributed by atoms with van der Waals surface area (Å²) < 4.78 is 12.4. The molecule has 0 radical (unpaired) electrons. The van der Waals surface area contributed by atoms with Gasteiger partial charge in [0.2, 0.25) is 0 Å². The van der Waals surface area contributed by atoms with Gasteiger partial charge >= 0.3 is 5.91 Å². The Morgan fingerprint density at radius 1 is 1.31 bits per heavy atom. The fraction of sp³-hybridized carbons (Fsp3) is 0.111. The van der Waals surface area contributed by atoms with Gasteiger partial charge in [-0.3, -0.25) is 4.79 Å². The number of hydrogen-bond acceptors (Lipinski definition) is 5. The number of amides is 1. The summed E-state index contributed by atoms with van der Waals surface area (Å²) in [5.41, 5.74) is 3.67. The number of halogens is 2. The van der Waals surface area contributed by atoms with Crippen LogP contribution in [0.5, 0.6) is 11.5 Å². The number of carbonyl (C=O) groups excluding carboxylic acids is 1. The second kappa shape index (κ2) is 7.92. The van der Waals surface area contributed by atoms with Crippen molar-refractivity contribution in [1.29, 1.82) is 0 Å². The molecule has 0 aliphatic carbocycles. The zero-order valence-electron chi connectivity index (χ0n) is 13.6. The quantitative estimate of drug-likeness (QED) is 0.404. The molecule has 0 unspecified atom stereocenters. The van der Waals surface area contributed by atoms with Crippen molar-refractivity contribution in [1.82, 2.24) is 5.43 Å². The summed E-state index contributed by atoms with van der Waals surface area (Å²) in [5.74, 6) is 0.0585. The average Bonchev–Trinajstić information content (AvgIpc) is 3.02. The molecule has 2 N–H and O–H groups in total. The van der Waals surface area contributed by atoms with Gasteiger partial charge in [-0.15, -0.1) is 0 Å². The van der Waals surface area contributed by atoms with E-state index in [1.165, 1.54) is 12.3 Å². The molecular formula is C18H14Br2N2O4. The van der Waals surface area contributed by atoms with Crippen molar-refractivity contribution >= 4 is 55.0 Å². The van der Waals surface area contributed by atoms with Crippen molar-refractivity contribution in [3.63, 3.8) is 0 Å². The standard InChI is InChI=1S/C18H14Br2N2O4/c1-2-25-16-7-11(13(20)8-14(16)23)9-21-22-18(24)17-6-10-5-12(19)3-4-15(10)26-17/h3-9,23H,2H2,1H3,(H,22,24)/b21-9+. The van der Waals surface area contributed by atoms with Crippen molar-refractivity contribution in [3.8, 4) is 11.5 Å². The number of nitrogens with one attached hydrogen (secondary N) is 1. The van der Waals surface area contributed by atoms with E-state index in [1.54, 1.807) is 18.2 Å². The van der Waals surface area contributed by atoms with E-state index in [-0.39, 0.29) is 11.5 Å². The van der Waals surface area contributed by atoms with E-state index in [1.807, 2.05) is 19.1 Å². The largest absolute Gasteiger partial charge is 0.504 e. The fourth-order valence-electron chi connectivity index (χ4n) is 2.27. The number of phenols is 1. The van der Waals surface area contributed by atoms with Crippen LogP contribution in [0, 0.1) is 0 Å². The third-order valence-corrected chi connectivity index (χ3v) is 4.63. The highest BCUT2D eigenvalue weighted by Crippen LogP contribution is 2.31. The third-order valence-electron chi connectivity index (χ3n) is 3.45. The minimum atomic E-state index is -0.464. The lowest BCUT2D eigenvalue weighted by atomic mass is 10.2. The zero-order chi connectivity index (χ0) is 18.7. The van der Waals surface area contributed by atoms with Crippen LogP contribution in [0.4, 0.5) is 0 Å². The normalized spacial score (nSPS) is 11.2. The molecule has 0 spiro atoms. The molecule has 2 aromatic carbocycles. The fourth-order valence-corrected chi connectivity index (χ4v) is 3.08. The summed E-state index contributed by atoms with van der Waals surface area (Å²) in [6.45, 7) is 2.24. The van der Waals surface area contributed by atoms with Crippen LogP contribution in [-0.2, 0) is 0 Å². The molecule has 1 amide bonds. The van der Waals surface area contributed by atoms with Gasteiger partial charge in [0.1, 0.15) is 5.58 Å². The van der Waals surface area contributed by atoms with Gasteiger partial charge in [-0.1, -0.05) is 15.9 Å². The molecule has 0 bridgehead atoms. The molecule has 3 aromatic rings. The van der Waals surface area contributed by atoms with Gasteiger partial charge in [-0.2, -0.15) is 5.10 Å². The molecule has 6 nitrogen and oxygen atoms in total. The van der Waals surface area contributed by atoms with Crippen LogP contribution in [0.3, 0.4) is 0 Å². The van der Waals surface area contributed by atoms with E-state index in [2.05, 4.69) is 42.4 Å². The van der Waals surface area contributed by atoms with E-state index >= 15 is 0 Å². The Morgan fingerprint density at radius 2 is 2.12 bits per heavy atom. The van der Waals surface area contributed by atoms with E-state index < -0.39 is 5.91 Å². The van der Waals surface area contributed by atoms with E-state index in [0.29, 0.717) is 28.0 Å². The molecule has 134 valence electrons. The van der Waals surface area contributed by atoms with Gasteiger partial charge in [0.25, 0.3) is 0 Å². The first-order chi connectivity index (χ1) is 12.5. The number of ether oxygens (including phenoxy) is 1. The Labute approximate surface area is 166 Å². The van der Waals surface area contributed by atoms with Crippen LogP contribution in [-0.4, -0.2) is 23.8 Å². The molecule has 0 fully saturated rings. The van der Waals surface area contributed by atoms with Crippen LogP contribution in [0.1, 0.15) is 23.0 Å². The van der Waals surface area contributed by atoms with Crippen molar-refractivity contribution < 1.29 is 19.1 Å². The lowest BCUT2D eigenvalue weighted by molar-refractivity contribution is 0.0929. The Hall–Kier alpha value is -2.32. The number of hydrazone groups is 1. The first-order valence-electron chi connectivity index (χ1n) is 7.65. The molecule has 1 aromatic heterocycles. The molecule has 26 heavy (non-hydrogen) atoms. The minimum absolute atomic E-state index is 0.0216. The average molecular weight is 482 g/mol. The van der Waals surface area contributed by atoms with Gasteiger partial charge in [-0.25, -0.2) is 5.43 Å². The number of nitrogens with zero attached hydrogens (tertiary/aromatic N) is 1. The molecule has 0 aliphatic rings. The maximum absolute atomic E-state index is 12.2. The zero-order valence-corrected chi connectivity index (χ0v) is 16.8. The molecule has 3 rings (SSSR count). The number of phenolic OH excluding ortho intramolecular Hbond substituents is 1. The van der Waals surface area contributed by atoms with E-state index in [9.17, 15) is 9.90 Å². The summed E-state index contributed by atoms with van der Waals surface area (Å²) in [7, 11) is 0. The van der Waals surface area contributed by atoms with Crippen LogP contribution < -0.4 is 10.2 Å². The van der Waals surface area contributed by atoms with E-state index in [0.717, 1.165) is 9.86 Å². The topological polar surface area (TPSA) is 84.1 Å². The molecule has 0 aliphatic heterocycles. The first-order valence-corrected chi connectivity index (χ1v) is 9.24. The molecule has 0 saturated carbocycles. The smallest absolute Gasteiger partial charge is 0.307 e. The van der Waals surface area contributed by atoms with Crippen LogP contribution in [0.2, 0.25) is 0 Å². The second-order valence-corrected chi connectivity index (χ2v) is 7.04. The second-order valence-electron chi connectivity index (χ2n) is 5.27. The van der Waals surface area contributed by atoms with Crippen LogP contribution >= 0.6 is 31.9 Å². The van der Waals surface area contributed by atoms with E-state index in [4.69, 9.17) is 9.15 Å². The number of furan rings is 1. The summed E-state index contributed by atoms with van der Waals surface area (Å²) >= 11 is 6.71. The maximum atomic E-state index is 12.2. The lowest BCUT2D eigenvalue weighted by Crippen LogP contribution is -2.16. The lowest BCUT2D eigenvalue weighted by Gasteiger charge is -2.08. The summed E-state index contributed by atoms with van der Waals surface area (Å²) in [6, 6.07) is 10.3. The predicted octanol–water partition coefficient (Wildman–Crippen LogP) is 4.83. The van der Waals surface area contributed by atoms with Gasteiger partial charge in [0.05, 0.1) is 12.8 Å². The highest BCUT2D eigenvalue weighted by atomic mass is 79.9. The minimum Gasteiger partial charge on any atom is -0.504 e. The Kier molecular flexibility index (Phi) is 5.63. The monoisotopic (exact) mass is 480 g/mol. The number of rotatable bonds is 5. The van der Waals surface area contributed by atoms with Crippen LogP contribution in [0.15, 0.2) is 54.9 Å². The maximum Gasteiger partial charge on any atom is 0.307 e. The van der Waals surface area contributed by atoms with Crippen LogP contribution in [0.25, 0.3) is 11.0 Å².